The summed E-state index contributed by atoms with van der Waals surface area (Å²) in [5, 5.41) is 3.89. The maximum atomic E-state index is 15.7. The number of nitrogens with zero attached hydrogens (tertiary/aromatic N) is 2. The van der Waals surface area contributed by atoms with E-state index in [0.29, 0.717) is 10.6 Å². The second-order valence-electron chi connectivity index (χ2n) is 10.6. The van der Waals surface area contributed by atoms with E-state index in [9.17, 15) is 26.8 Å². The number of carbonyl (C=O) groups excluding carboxylic acids is 2. The fourth-order valence-electron chi connectivity index (χ4n) is 5.17. The van der Waals surface area contributed by atoms with Crippen LogP contribution in [0.3, 0.4) is 0 Å². The van der Waals surface area contributed by atoms with Crippen LogP contribution in [0.2, 0.25) is 5.02 Å². The zero-order valence-corrected chi connectivity index (χ0v) is 23.4. The number of halogens is 4. The number of hydrogen-bond acceptors (Lipinski definition) is 5. The Morgan fingerprint density at radius 1 is 1.24 bits per heavy atom. The zero-order valence-electron chi connectivity index (χ0n) is 21.8. The molecule has 4 atom stereocenters. The number of benzene rings is 1. The van der Waals surface area contributed by atoms with Gasteiger partial charge in [-0.1, -0.05) is 35.9 Å². The van der Waals surface area contributed by atoms with Crippen molar-refractivity contribution in [3.05, 3.63) is 46.3 Å². The maximum Gasteiger partial charge on any atom is 0.258 e. The number of carbonyl (C=O) groups is 2. The standard InChI is InChI=1S/C26H35ClF3N3O4S/c1-18(9-14-38(3,36)37)31-24(35)26(30)10-6-12-33(13-11-26)23(34)21-16-32(17-25(2,28)29)15-20(21)19-7-4-5-8-22(19)27/h4-5,7-9,14,18,20-21H,6,10-13,15-17H2,1-3H3,(H,31,35)/b14-9-/t18-,20+,21+,26-/m1/s1. The molecular weight excluding hydrogens is 543 g/mol. The molecule has 0 aromatic heterocycles. The minimum atomic E-state index is -3.39. The fraction of sp³-hybridized carbons (Fsp3) is 0.615. The molecule has 0 aliphatic carbocycles. The summed E-state index contributed by atoms with van der Waals surface area (Å²) in [6, 6.07) is 6.33. The van der Waals surface area contributed by atoms with Gasteiger partial charge < -0.3 is 10.2 Å². The Kier molecular flexibility index (Phi) is 9.58. The van der Waals surface area contributed by atoms with Crippen molar-refractivity contribution < 1.29 is 31.2 Å². The van der Waals surface area contributed by atoms with Gasteiger partial charge in [0.15, 0.2) is 15.5 Å². The van der Waals surface area contributed by atoms with Crippen LogP contribution in [0.25, 0.3) is 0 Å². The molecule has 12 heteroatoms. The molecule has 7 nitrogen and oxygen atoms in total. The highest BCUT2D eigenvalue weighted by Crippen LogP contribution is 2.39. The summed E-state index contributed by atoms with van der Waals surface area (Å²) in [6.45, 7) is 2.48. The predicted molar refractivity (Wildman–Crippen MR) is 141 cm³/mol. The van der Waals surface area contributed by atoms with Gasteiger partial charge in [-0.2, -0.15) is 0 Å². The van der Waals surface area contributed by atoms with E-state index >= 15 is 4.39 Å². The van der Waals surface area contributed by atoms with Crippen molar-refractivity contribution in [2.75, 3.05) is 39.0 Å². The van der Waals surface area contributed by atoms with Gasteiger partial charge in [0.1, 0.15) is 0 Å². The quantitative estimate of drug-likeness (QED) is 0.508. The number of sulfone groups is 1. The first kappa shape index (κ1) is 30.4. The summed E-state index contributed by atoms with van der Waals surface area (Å²) in [6.07, 6.45) is 2.19. The smallest absolute Gasteiger partial charge is 0.258 e. The molecule has 212 valence electrons. The van der Waals surface area contributed by atoms with Gasteiger partial charge in [0.25, 0.3) is 11.8 Å². The van der Waals surface area contributed by atoms with Crippen molar-refractivity contribution in [1.29, 1.82) is 0 Å². The Hall–Kier alpha value is -2.11. The molecule has 2 saturated heterocycles. The number of likely N-dealkylation sites (tertiary alicyclic amines) is 2. The highest BCUT2D eigenvalue weighted by Gasteiger charge is 2.45. The molecule has 2 fully saturated rings. The van der Waals surface area contributed by atoms with E-state index in [2.05, 4.69) is 5.32 Å². The van der Waals surface area contributed by atoms with E-state index in [1.54, 1.807) is 29.2 Å². The summed E-state index contributed by atoms with van der Waals surface area (Å²) in [4.78, 5) is 29.5. The van der Waals surface area contributed by atoms with Crippen LogP contribution < -0.4 is 5.32 Å². The van der Waals surface area contributed by atoms with Crippen LogP contribution in [0.4, 0.5) is 13.2 Å². The number of amides is 2. The van der Waals surface area contributed by atoms with E-state index in [0.717, 1.165) is 18.6 Å². The van der Waals surface area contributed by atoms with Crippen LogP contribution in [0.5, 0.6) is 0 Å². The van der Waals surface area contributed by atoms with Crippen molar-refractivity contribution in [3.8, 4) is 0 Å². The van der Waals surface area contributed by atoms with E-state index in [4.69, 9.17) is 11.6 Å². The Morgan fingerprint density at radius 2 is 1.92 bits per heavy atom. The molecule has 0 spiro atoms. The topological polar surface area (TPSA) is 86.8 Å². The highest BCUT2D eigenvalue weighted by molar-refractivity contribution is 7.93. The van der Waals surface area contributed by atoms with Gasteiger partial charge in [-0.15, -0.1) is 0 Å². The molecule has 1 aromatic rings. The minimum Gasteiger partial charge on any atom is -0.347 e. The summed E-state index contributed by atoms with van der Waals surface area (Å²) < 4.78 is 65.9. The lowest BCUT2D eigenvalue weighted by Crippen LogP contribution is -2.47. The molecule has 2 heterocycles. The lowest BCUT2D eigenvalue weighted by molar-refractivity contribution is -0.137. The summed E-state index contributed by atoms with van der Waals surface area (Å²) >= 11 is 6.40. The predicted octanol–water partition coefficient (Wildman–Crippen LogP) is 3.79. The maximum absolute atomic E-state index is 15.7. The molecule has 38 heavy (non-hydrogen) atoms. The molecule has 0 bridgehead atoms. The number of rotatable bonds is 8. The number of nitrogens with one attached hydrogen (secondary N) is 1. The first-order valence-electron chi connectivity index (χ1n) is 12.6. The average Bonchev–Trinajstić information content (AvgIpc) is 3.09. The highest BCUT2D eigenvalue weighted by atomic mass is 35.5. The number of alkyl halides is 3. The lowest BCUT2D eigenvalue weighted by Gasteiger charge is -2.28. The molecular formula is C26H35ClF3N3O4S. The van der Waals surface area contributed by atoms with E-state index in [1.165, 1.54) is 17.9 Å². The summed E-state index contributed by atoms with van der Waals surface area (Å²) in [7, 11) is -3.39. The van der Waals surface area contributed by atoms with Crippen molar-refractivity contribution >= 4 is 33.3 Å². The molecule has 2 aliphatic rings. The second kappa shape index (κ2) is 12.0. The molecule has 2 amide bonds. The van der Waals surface area contributed by atoms with Crippen LogP contribution in [-0.2, 0) is 19.4 Å². The average molecular weight is 578 g/mol. The van der Waals surface area contributed by atoms with E-state index in [1.807, 2.05) is 0 Å². The minimum absolute atomic E-state index is 0.00794. The molecule has 1 N–H and O–H groups in total. The Balaban J connectivity index is 1.72. The van der Waals surface area contributed by atoms with Crippen LogP contribution >= 0.6 is 11.6 Å². The van der Waals surface area contributed by atoms with Crippen molar-refractivity contribution in [2.45, 2.75) is 56.7 Å². The van der Waals surface area contributed by atoms with Crippen LogP contribution in [0.1, 0.15) is 44.6 Å². The molecule has 3 rings (SSSR count). The van der Waals surface area contributed by atoms with Gasteiger partial charge in [0.2, 0.25) is 5.91 Å². The largest absolute Gasteiger partial charge is 0.347 e. The Bertz CT molecular complexity index is 1160. The molecule has 0 radical (unpaired) electrons. The van der Waals surface area contributed by atoms with Gasteiger partial charge in [-0.25, -0.2) is 21.6 Å². The normalized spacial score (nSPS) is 26.3. The first-order chi connectivity index (χ1) is 17.6. The van der Waals surface area contributed by atoms with Gasteiger partial charge in [0.05, 0.1) is 12.5 Å². The Labute approximate surface area is 227 Å². The summed E-state index contributed by atoms with van der Waals surface area (Å²) in [5.41, 5.74) is -1.52. The van der Waals surface area contributed by atoms with Gasteiger partial charge in [-0.3, -0.25) is 14.5 Å². The second-order valence-corrected chi connectivity index (χ2v) is 12.9. The van der Waals surface area contributed by atoms with Crippen molar-refractivity contribution in [1.82, 2.24) is 15.1 Å². The summed E-state index contributed by atoms with van der Waals surface area (Å²) in [5.74, 6) is -5.10. The van der Waals surface area contributed by atoms with E-state index in [-0.39, 0.29) is 51.3 Å². The van der Waals surface area contributed by atoms with Crippen molar-refractivity contribution in [2.24, 2.45) is 5.92 Å². The van der Waals surface area contributed by atoms with Crippen molar-refractivity contribution in [3.63, 3.8) is 0 Å². The Morgan fingerprint density at radius 3 is 2.55 bits per heavy atom. The third-order valence-corrected chi connectivity index (χ3v) is 7.99. The molecule has 0 saturated carbocycles. The number of hydrogen-bond donors (Lipinski definition) is 1. The third-order valence-electron chi connectivity index (χ3n) is 6.99. The monoisotopic (exact) mass is 577 g/mol. The van der Waals surface area contributed by atoms with Crippen LogP contribution in [0, 0.1) is 5.92 Å². The van der Waals surface area contributed by atoms with Gasteiger partial charge in [-0.05, 0) is 31.4 Å². The SMILES string of the molecule is C[C@H](/C=C\S(C)(=O)=O)NC(=O)[C@@]1(F)CCCN(C(=O)[C@H]2CN(CC(C)(F)F)C[C@H]2c2ccccc2Cl)CC1. The van der Waals surface area contributed by atoms with E-state index < -0.39 is 51.8 Å². The van der Waals surface area contributed by atoms with Gasteiger partial charge >= 0.3 is 0 Å². The fourth-order valence-corrected chi connectivity index (χ4v) is 5.97. The lowest BCUT2D eigenvalue weighted by atomic mass is 9.87. The van der Waals surface area contributed by atoms with Gasteiger partial charge in [0, 0.05) is 68.2 Å². The molecule has 0 unspecified atom stereocenters. The third kappa shape index (κ3) is 8.19. The first-order valence-corrected chi connectivity index (χ1v) is 14.9. The molecule has 1 aromatic carbocycles. The van der Waals surface area contributed by atoms with Crippen LogP contribution in [-0.4, -0.2) is 86.6 Å². The molecule has 2 aliphatic heterocycles. The zero-order chi connectivity index (χ0) is 28.3. The van der Waals surface area contributed by atoms with Crippen LogP contribution in [0.15, 0.2) is 35.7 Å².